The molecule has 0 fully saturated rings. The molecule has 0 atom stereocenters. The minimum absolute atomic E-state index is 0.00468. The largest absolute Gasteiger partial charge is 0.413 e. The Morgan fingerprint density at radius 1 is 0.842 bits per heavy atom. The van der Waals surface area contributed by atoms with Crippen molar-refractivity contribution in [1.82, 2.24) is 10.2 Å². The lowest BCUT2D eigenvalue weighted by molar-refractivity contribution is 0.100. The van der Waals surface area contributed by atoms with Crippen molar-refractivity contribution in [3.05, 3.63) is 72.1 Å². The van der Waals surface area contributed by atoms with Crippen molar-refractivity contribution in [1.29, 1.82) is 0 Å². The summed E-state index contributed by atoms with van der Waals surface area (Å²) in [6.07, 6.45) is 0. The fourth-order valence-electron chi connectivity index (χ4n) is 1.73. The molecular formula is C15H10N2O2. The van der Waals surface area contributed by atoms with Crippen molar-refractivity contribution in [3.8, 4) is 11.5 Å². The first kappa shape index (κ1) is 11.3. The molecule has 0 N–H and O–H groups in total. The molecule has 0 bridgehead atoms. The van der Waals surface area contributed by atoms with Crippen LogP contribution in [0.4, 0.5) is 0 Å². The number of hydrogen-bond donors (Lipinski definition) is 0. The number of ketones is 1. The van der Waals surface area contributed by atoms with E-state index < -0.39 is 0 Å². The van der Waals surface area contributed by atoms with Gasteiger partial charge in [0.2, 0.25) is 11.7 Å². The first-order valence-electron chi connectivity index (χ1n) is 5.83. The fraction of sp³-hybridized carbons (Fsp3) is 0. The van der Waals surface area contributed by atoms with Gasteiger partial charge in [-0.15, -0.1) is 10.2 Å². The molecule has 3 aromatic rings. The summed E-state index contributed by atoms with van der Waals surface area (Å²) in [4.78, 5) is 12.1. The quantitative estimate of drug-likeness (QED) is 0.670. The van der Waals surface area contributed by atoms with Crippen LogP contribution >= 0.6 is 0 Å². The van der Waals surface area contributed by atoms with E-state index in [1.165, 1.54) is 0 Å². The summed E-state index contributed by atoms with van der Waals surface area (Å²) in [7, 11) is 0. The summed E-state index contributed by atoms with van der Waals surface area (Å²) < 4.78 is 5.41. The van der Waals surface area contributed by atoms with Gasteiger partial charge in [-0.2, -0.15) is 0 Å². The molecule has 1 heterocycles. The van der Waals surface area contributed by atoms with Crippen LogP contribution in [0.5, 0.6) is 0 Å². The van der Waals surface area contributed by atoms with E-state index in [0.29, 0.717) is 11.5 Å². The lowest BCUT2D eigenvalue weighted by atomic mass is 10.1. The molecule has 92 valence electrons. The van der Waals surface area contributed by atoms with E-state index in [4.69, 9.17) is 4.42 Å². The van der Waals surface area contributed by atoms with Crippen molar-refractivity contribution in [2.45, 2.75) is 0 Å². The van der Waals surface area contributed by atoms with Crippen LogP contribution in [-0.4, -0.2) is 16.0 Å². The zero-order chi connectivity index (χ0) is 13.1. The third kappa shape index (κ3) is 2.28. The van der Waals surface area contributed by atoms with Gasteiger partial charge in [0.15, 0.2) is 0 Å². The molecule has 0 saturated carbocycles. The topological polar surface area (TPSA) is 56.0 Å². The highest BCUT2D eigenvalue weighted by Gasteiger charge is 2.17. The second kappa shape index (κ2) is 4.86. The molecule has 0 aliphatic heterocycles. The minimum Gasteiger partial charge on any atom is -0.413 e. The Kier molecular flexibility index (Phi) is 2.90. The maximum atomic E-state index is 12.1. The highest BCUT2D eigenvalue weighted by atomic mass is 16.4. The lowest BCUT2D eigenvalue weighted by Gasteiger charge is -1.94. The third-order valence-electron chi connectivity index (χ3n) is 2.68. The van der Waals surface area contributed by atoms with Crippen molar-refractivity contribution in [2.75, 3.05) is 0 Å². The number of hydrogen-bond acceptors (Lipinski definition) is 4. The van der Waals surface area contributed by atoms with E-state index in [1.54, 1.807) is 24.3 Å². The van der Waals surface area contributed by atoms with Gasteiger partial charge in [-0.05, 0) is 12.1 Å². The number of nitrogens with zero attached hydrogens (tertiary/aromatic N) is 2. The summed E-state index contributed by atoms with van der Waals surface area (Å²) in [5, 5.41) is 7.70. The van der Waals surface area contributed by atoms with Gasteiger partial charge in [-0.1, -0.05) is 48.5 Å². The predicted molar refractivity (Wildman–Crippen MR) is 69.6 cm³/mol. The Labute approximate surface area is 109 Å². The van der Waals surface area contributed by atoms with Crippen LogP contribution in [0.3, 0.4) is 0 Å². The average molecular weight is 250 g/mol. The molecule has 4 heteroatoms. The van der Waals surface area contributed by atoms with Crippen LogP contribution in [-0.2, 0) is 0 Å². The average Bonchev–Trinajstić information content (AvgIpc) is 2.98. The molecule has 0 aliphatic carbocycles. The Balaban J connectivity index is 1.92. The molecule has 0 saturated heterocycles. The standard InChI is InChI=1S/C15H10N2O2/c18-13(11-7-3-1-4-8-11)15-17-16-14(19-15)12-9-5-2-6-10-12/h1-10H. The molecule has 0 aliphatic rings. The molecule has 19 heavy (non-hydrogen) atoms. The monoisotopic (exact) mass is 250 g/mol. The van der Waals surface area contributed by atoms with E-state index in [2.05, 4.69) is 10.2 Å². The predicted octanol–water partition coefficient (Wildman–Crippen LogP) is 2.97. The second-order valence-corrected chi connectivity index (χ2v) is 3.97. The van der Waals surface area contributed by atoms with Crippen LogP contribution in [0.2, 0.25) is 0 Å². The third-order valence-corrected chi connectivity index (χ3v) is 2.68. The van der Waals surface area contributed by atoms with Crippen LogP contribution in [0, 0.1) is 0 Å². The van der Waals surface area contributed by atoms with E-state index in [9.17, 15) is 4.79 Å². The zero-order valence-electron chi connectivity index (χ0n) is 9.98. The van der Waals surface area contributed by atoms with Crippen molar-refractivity contribution in [2.24, 2.45) is 0 Å². The molecule has 1 aromatic heterocycles. The Hall–Kier alpha value is -2.75. The van der Waals surface area contributed by atoms with Crippen molar-refractivity contribution < 1.29 is 9.21 Å². The van der Waals surface area contributed by atoms with Crippen LogP contribution in [0.25, 0.3) is 11.5 Å². The SMILES string of the molecule is O=C(c1ccccc1)c1nnc(-c2ccccc2)o1. The van der Waals surface area contributed by atoms with Gasteiger partial charge in [-0.25, -0.2) is 0 Å². The lowest BCUT2D eigenvalue weighted by Crippen LogP contribution is -2.00. The van der Waals surface area contributed by atoms with E-state index >= 15 is 0 Å². The maximum Gasteiger partial charge on any atom is 0.289 e. The summed E-state index contributed by atoms with van der Waals surface area (Å²) in [5.41, 5.74) is 1.33. The Bertz CT molecular complexity index is 690. The van der Waals surface area contributed by atoms with Crippen LogP contribution in [0.1, 0.15) is 16.2 Å². The van der Waals surface area contributed by atoms with Gasteiger partial charge >= 0.3 is 0 Å². The second-order valence-electron chi connectivity index (χ2n) is 3.97. The first-order chi connectivity index (χ1) is 9.34. The summed E-state index contributed by atoms with van der Waals surface area (Å²) in [6, 6.07) is 18.2. The van der Waals surface area contributed by atoms with E-state index in [-0.39, 0.29) is 11.7 Å². The van der Waals surface area contributed by atoms with E-state index in [0.717, 1.165) is 5.56 Å². The fourth-order valence-corrected chi connectivity index (χ4v) is 1.73. The van der Waals surface area contributed by atoms with Crippen LogP contribution in [0.15, 0.2) is 65.1 Å². The van der Waals surface area contributed by atoms with Crippen LogP contribution < -0.4 is 0 Å². The normalized spacial score (nSPS) is 10.3. The molecule has 2 aromatic carbocycles. The molecule has 4 nitrogen and oxygen atoms in total. The molecule has 0 radical (unpaired) electrons. The zero-order valence-corrected chi connectivity index (χ0v) is 9.98. The van der Waals surface area contributed by atoms with Gasteiger partial charge in [0.1, 0.15) is 0 Å². The highest BCUT2D eigenvalue weighted by molar-refractivity contribution is 6.05. The maximum absolute atomic E-state index is 12.1. The smallest absolute Gasteiger partial charge is 0.289 e. The number of aromatic nitrogens is 2. The molecule has 0 spiro atoms. The summed E-state index contributed by atoms with van der Waals surface area (Å²) in [5.74, 6) is 0.0835. The van der Waals surface area contributed by atoms with Gasteiger partial charge in [-0.3, -0.25) is 4.79 Å². The Morgan fingerprint density at radius 3 is 2.16 bits per heavy atom. The molecule has 0 amide bonds. The van der Waals surface area contributed by atoms with Gasteiger partial charge in [0.25, 0.3) is 5.89 Å². The molecule has 3 rings (SSSR count). The Morgan fingerprint density at radius 2 is 1.47 bits per heavy atom. The van der Waals surface area contributed by atoms with Gasteiger partial charge in [0, 0.05) is 11.1 Å². The van der Waals surface area contributed by atoms with Crippen molar-refractivity contribution in [3.63, 3.8) is 0 Å². The number of benzene rings is 2. The first-order valence-corrected chi connectivity index (χ1v) is 5.83. The number of rotatable bonds is 3. The number of carbonyl (C=O) groups is 1. The van der Waals surface area contributed by atoms with Gasteiger partial charge in [0.05, 0.1) is 0 Å². The van der Waals surface area contributed by atoms with Crippen molar-refractivity contribution >= 4 is 5.78 Å². The molecule has 0 unspecified atom stereocenters. The van der Waals surface area contributed by atoms with Gasteiger partial charge < -0.3 is 4.42 Å². The summed E-state index contributed by atoms with van der Waals surface area (Å²) in [6.45, 7) is 0. The minimum atomic E-state index is -0.268. The summed E-state index contributed by atoms with van der Waals surface area (Å²) >= 11 is 0. The number of carbonyl (C=O) groups excluding carboxylic acids is 1. The molecular weight excluding hydrogens is 240 g/mol. The van der Waals surface area contributed by atoms with E-state index in [1.807, 2.05) is 36.4 Å². The highest BCUT2D eigenvalue weighted by Crippen LogP contribution is 2.18.